The predicted molar refractivity (Wildman–Crippen MR) is 197 cm³/mol. The summed E-state index contributed by atoms with van der Waals surface area (Å²) in [6, 6.07) is 13.6. The van der Waals surface area contributed by atoms with Crippen molar-refractivity contribution in [3.05, 3.63) is 85.5 Å². The molecule has 3 aliphatic heterocycles. The number of nitrogens with zero attached hydrogens (tertiary/aromatic N) is 5. The van der Waals surface area contributed by atoms with Crippen LogP contribution in [0.1, 0.15) is 37.9 Å². The summed E-state index contributed by atoms with van der Waals surface area (Å²) in [6.45, 7) is 8.92. The minimum Gasteiger partial charge on any atom is -0.455 e. The third kappa shape index (κ3) is 7.14. The number of aliphatic hydroxyl groups is 1. The average Bonchev–Trinajstić information content (AvgIpc) is 3.89. The van der Waals surface area contributed by atoms with Gasteiger partial charge in [0.1, 0.15) is 29.9 Å². The second-order valence-electron chi connectivity index (χ2n) is 13.7. The van der Waals surface area contributed by atoms with Crippen molar-refractivity contribution in [3.63, 3.8) is 0 Å². The first-order valence-electron chi connectivity index (χ1n) is 17.7. The Balaban J connectivity index is 1.35. The van der Waals surface area contributed by atoms with E-state index < -0.39 is 77.0 Å². The molecular weight excluding hydrogens is 748 g/mol. The molecule has 0 saturated carbocycles. The molecule has 1 unspecified atom stereocenters. The molecule has 6 rings (SSSR count). The molecule has 1 spiro atoms. The van der Waals surface area contributed by atoms with E-state index in [0.29, 0.717) is 23.0 Å². The topological polar surface area (TPSA) is 165 Å². The van der Waals surface area contributed by atoms with Crippen LogP contribution in [-0.2, 0) is 40.1 Å². The van der Waals surface area contributed by atoms with E-state index in [2.05, 4.69) is 44.7 Å². The van der Waals surface area contributed by atoms with Crippen molar-refractivity contribution in [1.29, 1.82) is 0 Å². The van der Waals surface area contributed by atoms with E-state index in [0.717, 1.165) is 0 Å². The van der Waals surface area contributed by atoms with Crippen molar-refractivity contribution < 1.29 is 38.5 Å². The number of benzene rings is 2. The molecule has 15 heteroatoms. The molecule has 9 atom stereocenters. The number of para-hydroxylation sites is 1. The number of amides is 3. The van der Waals surface area contributed by atoms with E-state index in [4.69, 9.17) is 14.2 Å². The maximum atomic E-state index is 14.9. The third-order valence-electron chi connectivity index (χ3n) is 10.4. The maximum Gasteiger partial charge on any atom is 0.313 e. The molecule has 4 heterocycles. The number of ether oxygens (including phenoxy) is 3. The number of halogens is 1. The number of aromatic nitrogens is 3. The average molecular weight is 794 g/mol. The second kappa shape index (κ2) is 16.3. The fourth-order valence-corrected chi connectivity index (χ4v) is 8.98. The maximum absolute atomic E-state index is 14.9. The first kappa shape index (κ1) is 38.3. The number of fused-ring (bicyclic) bond motifs is 2. The summed E-state index contributed by atoms with van der Waals surface area (Å²) in [5.41, 5.74) is 0.564. The van der Waals surface area contributed by atoms with Crippen LogP contribution < -0.4 is 5.32 Å². The van der Waals surface area contributed by atoms with E-state index in [1.165, 1.54) is 16.9 Å². The molecule has 3 fully saturated rings. The van der Waals surface area contributed by atoms with Crippen LogP contribution in [0.4, 0.5) is 0 Å². The number of nitrogens with one attached hydrogen (secondary N) is 1. The Bertz CT molecular complexity index is 1840. The molecule has 1 aromatic heterocycles. The molecule has 2 bridgehead atoms. The lowest BCUT2D eigenvalue weighted by atomic mass is 9.70. The van der Waals surface area contributed by atoms with Gasteiger partial charge in [-0.15, -0.1) is 18.3 Å². The van der Waals surface area contributed by atoms with Crippen molar-refractivity contribution in [2.24, 2.45) is 11.8 Å². The minimum atomic E-state index is -1.42. The molecule has 3 saturated heterocycles. The van der Waals surface area contributed by atoms with Crippen molar-refractivity contribution in [2.45, 2.75) is 73.6 Å². The zero-order valence-corrected chi connectivity index (χ0v) is 31.3. The number of allylic oxidation sites excluding steroid dienone is 1. The standard InChI is InChI=1S/C38H45BrN6O8/c1-5-7-17-29(47)40-27(21-51-4)32(24-13-9-8-10-14-24)52-37(50)30-31-35(48)45(23(3)20-46)34(38(31)19-25(39)33(30)53-38)36(49)43(18-6-2)22-44-28-16-12-11-15-26(28)41-42-44/h5-6,8-16,23,25,27,30-34,46H,1-2,7,17-22H2,3-4H3,(H,40,47)/t23-,25?,27-,30+,31-,32-,33+,34+,38-/m1/s1. The summed E-state index contributed by atoms with van der Waals surface area (Å²) < 4.78 is 20.1. The largest absolute Gasteiger partial charge is 0.455 e. The lowest BCUT2D eigenvalue weighted by Gasteiger charge is -2.38. The van der Waals surface area contributed by atoms with Crippen LogP contribution in [0.5, 0.6) is 0 Å². The highest BCUT2D eigenvalue weighted by Crippen LogP contribution is 2.61. The van der Waals surface area contributed by atoms with Gasteiger partial charge in [0.15, 0.2) is 0 Å². The molecule has 0 aliphatic carbocycles. The number of carbonyl (C=O) groups excluding carboxylic acids is 4. The van der Waals surface area contributed by atoms with Gasteiger partial charge in [-0.1, -0.05) is 75.8 Å². The highest BCUT2D eigenvalue weighted by molar-refractivity contribution is 9.09. The number of esters is 1. The molecule has 3 aliphatic rings. The number of alkyl halides is 1. The molecule has 14 nitrogen and oxygen atoms in total. The molecule has 3 amide bonds. The Morgan fingerprint density at radius 3 is 2.60 bits per heavy atom. The van der Waals surface area contributed by atoms with Gasteiger partial charge in [0.25, 0.3) is 0 Å². The Hall–Kier alpha value is -4.44. The molecule has 2 N–H and O–H groups in total. The summed E-state index contributed by atoms with van der Waals surface area (Å²) in [5, 5.41) is 21.8. The molecular formula is C38H45BrN6O8. The van der Waals surface area contributed by atoms with E-state index >= 15 is 0 Å². The van der Waals surface area contributed by atoms with Crippen LogP contribution in [0.25, 0.3) is 11.0 Å². The summed E-state index contributed by atoms with van der Waals surface area (Å²) in [7, 11) is 1.49. The number of likely N-dealkylation sites (tertiary alicyclic amines) is 1. The number of hydrogen-bond acceptors (Lipinski definition) is 10. The van der Waals surface area contributed by atoms with Gasteiger partial charge in [0, 0.05) is 24.9 Å². The van der Waals surface area contributed by atoms with Crippen LogP contribution in [0.3, 0.4) is 0 Å². The van der Waals surface area contributed by atoms with Crippen LogP contribution in [0.15, 0.2) is 79.9 Å². The Morgan fingerprint density at radius 1 is 1.17 bits per heavy atom. The van der Waals surface area contributed by atoms with E-state index in [1.54, 1.807) is 48.0 Å². The first-order valence-corrected chi connectivity index (χ1v) is 18.6. The second-order valence-corrected chi connectivity index (χ2v) is 14.9. The van der Waals surface area contributed by atoms with E-state index in [-0.39, 0.29) is 38.6 Å². The SMILES string of the molecule is C=CCCC(=O)N[C@H](COC)[C@H](OC(=O)[C@@H]1[C@H]2O[C@@]3(CC2Br)[C@H](C(=O)N(CC=C)Cn2nnc4ccccc42)N([C@H](C)CO)C(=O)[C@@H]13)c1ccccc1. The number of carbonyl (C=O) groups is 4. The minimum absolute atomic E-state index is 0.00293. The number of methoxy groups -OCH3 is 1. The van der Waals surface area contributed by atoms with Gasteiger partial charge in [-0.25, -0.2) is 4.68 Å². The smallest absolute Gasteiger partial charge is 0.313 e. The van der Waals surface area contributed by atoms with Gasteiger partial charge < -0.3 is 34.4 Å². The van der Waals surface area contributed by atoms with E-state index in [1.807, 2.05) is 30.3 Å². The van der Waals surface area contributed by atoms with Gasteiger partial charge >= 0.3 is 5.97 Å². The van der Waals surface area contributed by atoms with Gasteiger partial charge in [-0.2, -0.15) is 0 Å². The summed E-state index contributed by atoms with van der Waals surface area (Å²) in [5.74, 6) is -4.11. The summed E-state index contributed by atoms with van der Waals surface area (Å²) in [6.07, 6.45) is 2.35. The van der Waals surface area contributed by atoms with Crippen molar-refractivity contribution in [1.82, 2.24) is 30.1 Å². The third-order valence-corrected chi connectivity index (χ3v) is 11.2. The zero-order valence-electron chi connectivity index (χ0n) is 29.8. The van der Waals surface area contributed by atoms with Crippen LogP contribution >= 0.6 is 15.9 Å². The van der Waals surface area contributed by atoms with Crippen molar-refractivity contribution >= 4 is 50.7 Å². The van der Waals surface area contributed by atoms with Gasteiger partial charge in [-0.05, 0) is 37.5 Å². The highest BCUT2D eigenvalue weighted by Gasteiger charge is 2.77. The molecule has 3 aromatic rings. The zero-order chi connectivity index (χ0) is 37.9. The van der Waals surface area contributed by atoms with Crippen molar-refractivity contribution in [2.75, 3.05) is 26.9 Å². The first-order chi connectivity index (χ1) is 25.6. The Kier molecular flexibility index (Phi) is 11.8. The Labute approximate surface area is 316 Å². The monoisotopic (exact) mass is 792 g/mol. The molecule has 282 valence electrons. The van der Waals surface area contributed by atoms with Crippen molar-refractivity contribution in [3.8, 4) is 0 Å². The molecule has 53 heavy (non-hydrogen) atoms. The summed E-state index contributed by atoms with van der Waals surface area (Å²) >= 11 is 3.71. The molecule has 2 aromatic carbocycles. The normalized spacial score (nSPS) is 26.2. The quantitative estimate of drug-likeness (QED) is 0.118. The lowest BCUT2D eigenvalue weighted by molar-refractivity contribution is -0.163. The van der Waals surface area contributed by atoms with E-state index in [9.17, 15) is 24.3 Å². The lowest BCUT2D eigenvalue weighted by Crippen LogP contribution is -2.58. The Morgan fingerprint density at radius 2 is 1.91 bits per heavy atom. The van der Waals surface area contributed by atoms with Gasteiger partial charge in [0.05, 0.1) is 48.8 Å². The van der Waals surface area contributed by atoms with Crippen LogP contribution in [0.2, 0.25) is 0 Å². The van der Waals surface area contributed by atoms with Crippen LogP contribution in [0, 0.1) is 11.8 Å². The predicted octanol–water partition coefficient (Wildman–Crippen LogP) is 2.91. The van der Waals surface area contributed by atoms with Crippen LogP contribution in [-0.4, -0.2) is 115 Å². The van der Waals surface area contributed by atoms with Gasteiger partial charge in [0.2, 0.25) is 17.7 Å². The highest BCUT2D eigenvalue weighted by atomic mass is 79.9. The number of hydrogen-bond donors (Lipinski definition) is 2. The fourth-order valence-electron chi connectivity index (χ4n) is 8.03. The fraction of sp³-hybridized carbons (Fsp3) is 0.474. The van der Waals surface area contributed by atoms with Gasteiger partial charge in [-0.3, -0.25) is 19.2 Å². The molecule has 0 radical (unpaired) electrons. The number of aliphatic hydroxyl groups excluding tert-OH is 1. The number of rotatable bonds is 17. The summed E-state index contributed by atoms with van der Waals surface area (Å²) in [4.78, 5) is 59.4.